The van der Waals surface area contributed by atoms with Gasteiger partial charge in [-0.05, 0) is 43.5 Å². The number of rotatable bonds is 19. The van der Waals surface area contributed by atoms with Crippen molar-refractivity contribution < 1.29 is 9.53 Å². The van der Waals surface area contributed by atoms with Crippen LogP contribution in [0, 0.1) is 0 Å². The Morgan fingerprint density at radius 1 is 0.903 bits per heavy atom. The Hall–Kier alpha value is -1.26. The first-order valence-corrected chi connectivity index (χ1v) is 12.3. The SMILES string of the molecule is CCCCCCCCCCCCOc1cccc(CN(C)C(=O)CCCCCN)c1.Cl. The average Bonchev–Trinajstić information content (AvgIpc) is 2.75. The standard InChI is InChI=1S/C26H46N2O2.ClH/c1-3-4-5-6-7-8-9-10-11-15-21-30-25-18-16-17-24(22-25)23-28(2)26(29)19-13-12-14-20-27;/h16-18,22H,3-15,19-21,23,27H2,1-2H3;1H. The Balaban J connectivity index is 0.00000900. The molecule has 0 heterocycles. The molecule has 0 unspecified atom stereocenters. The number of amides is 1. The molecule has 31 heavy (non-hydrogen) atoms. The zero-order chi connectivity index (χ0) is 21.9. The van der Waals surface area contributed by atoms with Gasteiger partial charge in [0.05, 0.1) is 6.61 Å². The molecule has 0 bridgehead atoms. The van der Waals surface area contributed by atoms with E-state index in [2.05, 4.69) is 19.1 Å². The summed E-state index contributed by atoms with van der Waals surface area (Å²) in [6.45, 7) is 4.38. The van der Waals surface area contributed by atoms with Crippen LogP contribution in [0.15, 0.2) is 24.3 Å². The highest BCUT2D eigenvalue weighted by molar-refractivity contribution is 5.85. The van der Waals surface area contributed by atoms with Crippen molar-refractivity contribution in [1.29, 1.82) is 0 Å². The molecule has 4 nitrogen and oxygen atoms in total. The molecule has 0 aromatic heterocycles. The Morgan fingerprint density at radius 3 is 2.16 bits per heavy atom. The molecule has 1 aromatic rings. The van der Waals surface area contributed by atoms with E-state index in [-0.39, 0.29) is 18.3 Å². The number of nitrogens with two attached hydrogens (primary N) is 1. The molecule has 1 rings (SSSR count). The van der Waals surface area contributed by atoms with E-state index in [9.17, 15) is 4.79 Å². The average molecular weight is 455 g/mol. The summed E-state index contributed by atoms with van der Waals surface area (Å²) in [6.07, 6.45) is 16.9. The Bertz CT molecular complexity index is 554. The molecule has 2 N–H and O–H groups in total. The van der Waals surface area contributed by atoms with Crippen LogP contribution in [0.2, 0.25) is 0 Å². The lowest BCUT2D eigenvalue weighted by molar-refractivity contribution is -0.130. The van der Waals surface area contributed by atoms with E-state index in [1.54, 1.807) is 0 Å². The largest absolute Gasteiger partial charge is 0.494 e. The summed E-state index contributed by atoms with van der Waals surface area (Å²) in [7, 11) is 1.88. The third kappa shape index (κ3) is 16.1. The number of ether oxygens (including phenoxy) is 1. The fourth-order valence-electron chi connectivity index (χ4n) is 3.66. The predicted octanol–water partition coefficient (Wildman–Crippen LogP) is 6.89. The fourth-order valence-corrected chi connectivity index (χ4v) is 3.66. The van der Waals surface area contributed by atoms with Crippen molar-refractivity contribution in [3.63, 3.8) is 0 Å². The summed E-state index contributed by atoms with van der Waals surface area (Å²) >= 11 is 0. The maximum atomic E-state index is 12.2. The molecule has 0 atom stereocenters. The lowest BCUT2D eigenvalue weighted by Crippen LogP contribution is -2.25. The van der Waals surface area contributed by atoms with Crippen LogP contribution in [0.4, 0.5) is 0 Å². The molecule has 0 aliphatic carbocycles. The summed E-state index contributed by atoms with van der Waals surface area (Å²) in [5.41, 5.74) is 6.62. The molecule has 1 aromatic carbocycles. The van der Waals surface area contributed by atoms with Gasteiger partial charge in [0, 0.05) is 20.0 Å². The maximum Gasteiger partial charge on any atom is 0.222 e. The molecule has 0 saturated carbocycles. The van der Waals surface area contributed by atoms with Gasteiger partial charge in [-0.25, -0.2) is 0 Å². The van der Waals surface area contributed by atoms with Crippen molar-refractivity contribution >= 4 is 18.3 Å². The van der Waals surface area contributed by atoms with Crippen LogP contribution in [0.1, 0.15) is 102 Å². The van der Waals surface area contributed by atoms with Crippen LogP contribution in [0.25, 0.3) is 0 Å². The number of hydrogen-bond acceptors (Lipinski definition) is 3. The molecule has 0 spiro atoms. The minimum absolute atomic E-state index is 0. The van der Waals surface area contributed by atoms with Crippen LogP contribution in [0.5, 0.6) is 5.75 Å². The third-order valence-electron chi connectivity index (χ3n) is 5.61. The van der Waals surface area contributed by atoms with Crippen LogP contribution in [0.3, 0.4) is 0 Å². The summed E-state index contributed by atoms with van der Waals surface area (Å²) < 4.78 is 5.94. The van der Waals surface area contributed by atoms with Gasteiger partial charge in [0.1, 0.15) is 5.75 Å². The highest BCUT2D eigenvalue weighted by atomic mass is 35.5. The van der Waals surface area contributed by atoms with Gasteiger partial charge in [0.2, 0.25) is 5.91 Å². The van der Waals surface area contributed by atoms with Gasteiger partial charge in [-0.1, -0.05) is 83.3 Å². The van der Waals surface area contributed by atoms with E-state index in [0.717, 1.165) is 43.6 Å². The molecule has 0 fully saturated rings. The first-order valence-electron chi connectivity index (χ1n) is 12.3. The fraction of sp³-hybridized carbons (Fsp3) is 0.731. The number of carbonyl (C=O) groups excluding carboxylic acids is 1. The van der Waals surface area contributed by atoms with Crippen molar-refractivity contribution in [3.8, 4) is 5.75 Å². The normalized spacial score (nSPS) is 10.5. The number of benzene rings is 1. The lowest BCUT2D eigenvalue weighted by Gasteiger charge is -2.18. The van der Waals surface area contributed by atoms with Gasteiger partial charge >= 0.3 is 0 Å². The summed E-state index contributed by atoms with van der Waals surface area (Å²) in [4.78, 5) is 14.1. The zero-order valence-corrected chi connectivity index (χ0v) is 20.9. The molecule has 0 radical (unpaired) electrons. The molecule has 180 valence electrons. The Morgan fingerprint density at radius 2 is 1.52 bits per heavy atom. The van der Waals surface area contributed by atoms with E-state index >= 15 is 0 Å². The van der Waals surface area contributed by atoms with Gasteiger partial charge in [-0.2, -0.15) is 0 Å². The lowest BCUT2D eigenvalue weighted by atomic mass is 10.1. The number of carbonyl (C=O) groups is 1. The van der Waals surface area contributed by atoms with E-state index in [0.29, 0.717) is 19.5 Å². The smallest absolute Gasteiger partial charge is 0.222 e. The Kier molecular flexibility index (Phi) is 19.8. The van der Waals surface area contributed by atoms with E-state index in [4.69, 9.17) is 10.5 Å². The maximum absolute atomic E-state index is 12.2. The molecule has 1 amide bonds. The zero-order valence-electron chi connectivity index (χ0n) is 20.1. The minimum atomic E-state index is 0. The summed E-state index contributed by atoms with van der Waals surface area (Å²) in [5.74, 6) is 1.11. The second kappa shape index (κ2) is 20.6. The number of halogens is 1. The molecular formula is C26H47ClN2O2. The van der Waals surface area contributed by atoms with E-state index < -0.39 is 0 Å². The quantitative estimate of drug-likeness (QED) is 0.231. The van der Waals surface area contributed by atoms with Gasteiger partial charge in [-0.3, -0.25) is 4.79 Å². The highest BCUT2D eigenvalue weighted by Crippen LogP contribution is 2.16. The van der Waals surface area contributed by atoms with Gasteiger partial charge < -0.3 is 15.4 Å². The first-order chi connectivity index (χ1) is 14.7. The van der Waals surface area contributed by atoms with Crippen LogP contribution in [-0.2, 0) is 11.3 Å². The summed E-state index contributed by atoms with van der Waals surface area (Å²) in [5, 5.41) is 0. The minimum Gasteiger partial charge on any atom is -0.494 e. The van der Waals surface area contributed by atoms with Crippen molar-refractivity contribution in [3.05, 3.63) is 29.8 Å². The van der Waals surface area contributed by atoms with Gasteiger partial charge in [0.25, 0.3) is 0 Å². The predicted molar refractivity (Wildman–Crippen MR) is 135 cm³/mol. The van der Waals surface area contributed by atoms with Crippen LogP contribution < -0.4 is 10.5 Å². The number of unbranched alkanes of at least 4 members (excludes halogenated alkanes) is 11. The first kappa shape index (κ1) is 29.7. The Labute approximate surface area is 197 Å². The van der Waals surface area contributed by atoms with Gasteiger partial charge in [0.15, 0.2) is 0 Å². The molecular weight excluding hydrogens is 408 g/mol. The van der Waals surface area contributed by atoms with Gasteiger partial charge in [-0.15, -0.1) is 12.4 Å². The van der Waals surface area contributed by atoms with Crippen molar-refractivity contribution in [2.24, 2.45) is 5.73 Å². The summed E-state index contributed by atoms with van der Waals surface area (Å²) in [6, 6.07) is 8.15. The highest BCUT2D eigenvalue weighted by Gasteiger charge is 2.09. The molecule has 0 aliphatic heterocycles. The molecule has 0 aliphatic rings. The van der Waals surface area contributed by atoms with E-state index in [1.807, 2.05) is 24.1 Å². The molecule has 0 saturated heterocycles. The van der Waals surface area contributed by atoms with Crippen LogP contribution in [-0.4, -0.2) is 31.0 Å². The molecule has 5 heteroatoms. The van der Waals surface area contributed by atoms with Crippen molar-refractivity contribution in [2.45, 2.75) is 103 Å². The monoisotopic (exact) mass is 454 g/mol. The number of hydrogen-bond donors (Lipinski definition) is 1. The topological polar surface area (TPSA) is 55.6 Å². The van der Waals surface area contributed by atoms with Crippen molar-refractivity contribution in [2.75, 3.05) is 20.2 Å². The van der Waals surface area contributed by atoms with E-state index in [1.165, 1.54) is 57.8 Å². The second-order valence-electron chi connectivity index (χ2n) is 8.53. The second-order valence-corrected chi connectivity index (χ2v) is 8.53. The number of nitrogens with zero attached hydrogens (tertiary/aromatic N) is 1. The van der Waals surface area contributed by atoms with Crippen LogP contribution >= 0.6 is 12.4 Å². The van der Waals surface area contributed by atoms with Crippen molar-refractivity contribution in [1.82, 2.24) is 4.90 Å². The third-order valence-corrected chi connectivity index (χ3v) is 5.61.